The third-order valence-electron chi connectivity index (χ3n) is 1.23. The molecule has 0 fully saturated rings. The Morgan fingerprint density at radius 2 is 1.64 bits per heavy atom. The van der Waals surface area contributed by atoms with Gasteiger partial charge in [0.1, 0.15) is 16.6 Å². The first-order valence-electron chi connectivity index (χ1n) is 3.20. The fraction of sp³-hybridized carbons (Fsp3) is 0.143. The smallest absolute Gasteiger partial charge is 0.404 e. The van der Waals surface area contributed by atoms with Crippen LogP contribution in [0.2, 0.25) is 10.0 Å². The summed E-state index contributed by atoms with van der Waals surface area (Å²) in [5.41, 5.74) is 0. The van der Waals surface area contributed by atoms with Crippen molar-refractivity contribution in [3.63, 3.8) is 0 Å². The second-order valence-corrected chi connectivity index (χ2v) is 2.98. The zero-order valence-electron chi connectivity index (χ0n) is 6.33. The molecule has 0 aliphatic rings. The van der Waals surface area contributed by atoms with E-state index in [2.05, 4.69) is 4.74 Å². The lowest BCUT2D eigenvalue weighted by Gasteiger charge is -2.10. The second-order valence-electron chi connectivity index (χ2n) is 2.22. The maximum Gasteiger partial charge on any atom is 0.573 e. The molecule has 1 aromatic rings. The molecule has 0 aliphatic carbocycles. The number of hydrogen-bond acceptors (Lipinski definition) is 1. The molecule has 0 radical (unpaired) electrons. The van der Waals surface area contributed by atoms with Gasteiger partial charge >= 0.3 is 6.36 Å². The summed E-state index contributed by atoms with van der Waals surface area (Å²) < 4.78 is 51.3. The highest BCUT2D eigenvalue weighted by atomic mass is 35.5. The first-order chi connectivity index (χ1) is 6.31. The van der Waals surface area contributed by atoms with Gasteiger partial charge in [-0.3, -0.25) is 0 Å². The maximum absolute atomic E-state index is 12.6. The molecule has 0 aromatic heterocycles. The predicted octanol–water partition coefficient (Wildman–Crippen LogP) is 4.03. The van der Waals surface area contributed by atoms with Crippen molar-refractivity contribution in [1.29, 1.82) is 0 Å². The van der Waals surface area contributed by atoms with Crippen LogP contribution in [0.25, 0.3) is 0 Å². The van der Waals surface area contributed by atoms with Gasteiger partial charge in [-0.2, -0.15) is 0 Å². The number of halogens is 6. The Labute approximate surface area is 86.2 Å². The van der Waals surface area contributed by atoms with Crippen LogP contribution in [-0.4, -0.2) is 6.36 Å². The van der Waals surface area contributed by atoms with Crippen LogP contribution < -0.4 is 4.74 Å². The summed E-state index contributed by atoms with van der Waals surface area (Å²) in [4.78, 5) is 0. The summed E-state index contributed by atoms with van der Waals surface area (Å²) in [7, 11) is 0. The first kappa shape index (κ1) is 11.4. The van der Waals surface area contributed by atoms with Gasteiger partial charge < -0.3 is 4.74 Å². The van der Waals surface area contributed by atoms with Crippen LogP contribution in [0.1, 0.15) is 0 Å². The number of benzene rings is 1. The van der Waals surface area contributed by atoms with E-state index in [9.17, 15) is 17.6 Å². The Balaban J connectivity index is 3.06. The molecule has 0 atom stereocenters. The summed E-state index contributed by atoms with van der Waals surface area (Å²) in [6.07, 6.45) is -4.88. The van der Waals surface area contributed by atoms with Crippen molar-refractivity contribution in [2.75, 3.05) is 0 Å². The van der Waals surface area contributed by atoms with Crippen molar-refractivity contribution in [2.24, 2.45) is 0 Å². The Morgan fingerprint density at radius 1 is 1.07 bits per heavy atom. The van der Waals surface area contributed by atoms with Crippen molar-refractivity contribution >= 4 is 23.2 Å². The van der Waals surface area contributed by atoms with Crippen molar-refractivity contribution < 1.29 is 22.3 Å². The van der Waals surface area contributed by atoms with Crippen LogP contribution in [0.3, 0.4) is 0 Å². The zero-order valence-corrected chi connectivity index (χ0v) is 7.84. The van der Waals surface area contributed by atoms with Crippen molar-refractivity contribution in [3.8, 4) is 5.75 Å². The number of ether oxygens (including phenoxy) is 1. The highest BCUT2D eigenvalue weighted by molar-refractivity contribution is 6.43. The molecule has 1 rings (SSSR count). The standard InChI is InChI=1S/C7H2Cl2F4O/c8-5-3(10)1-2-4(6(5)9)14-7(11,12)13/h1-2H. The highest BCUT2D eigenvalue weighted by Gasteiger charge is 2.32. The van der Waals surface area contributed by atoms with Gasteiger partial charge in [0.2, 0.25) is 0 Å². The molecule has 0 bridgehead atoms. The zero-order chi connectivity index (χ0) is 10.9. The Hall–Kier alpha value is -0.680. The van der Waals surface area contributed by atoms with Gasteiger partial charge in [0.25, 0.3) is 0 Å². The number of alkyl halides is 3. The second kappa shape index (κ2) is 3.82. The fourth-order valence-electron chi connectivity index (χ4n) is 0.712. The molecule has 0 saturated carbocycles. The molecule has 0 aliphatic heterocycles. The van der Waals surface area contributed by atoms with Crippen LogP contribution in [0.4, 0.5) is 17.6 Å². The van der Waals surface area contributed by atoms with E-state index in [1.807, 2.05) is 0 Å². The van der Waals surface area contributed by atoms with Gasteiger partial charge in [0.15, 0.2) is 0 Å². The monoisotopic (exact) mass is 248 g/mol. The lowest BCUT2D eigenvalue weighted by atomic mass is 10.3. The quantitative estimate of drug-likeness (QED) is 0.539. The van der Waals surface area contributed by atoms with Crippen molar-refractivity contribution in [3.05, 3.63) is 28.0 Å². The predicted molar refractivity (Wildman–Crippen MR) is 43.1 cm³/mol. The van der Waals surface area contributed by atoms with E-state index in [0.717, 1.165) is 12.1 Å². The fourth-order valence-corrected chi connectivity index (χ4v) is 1.06. The van der Waals surface area contributed by atoms with E-state index in [1.165, 1.54) is 0 Å². The lowest BCUT2D eigenvalue weighted by molar-refractivity contribution is -0.274. The third kappa shape index (κ3) is 2.65. The topological polar surface area (TPSA) is 9.23 Å². The minimum absolute atomic E-state index is 0.603. The SMILES string of the molecule is Fc1ccc(OC(F)(F)F)c(Cl)c1Cl. The van der Waals surface area contributed by atoms with Gasteiger partial charge in [0.05, 0.1) is 5.02 Å². The normalized spacial score (nSPS) is 11.6. The van der Waals surface area contributed by atoms with Gasteiger partial charge in [-0.25, -0.2) is 4.39 Å². The molecule has 0 amide bonds. The summed E-state index contributed by atoms with van der Waals surface area (Å²) in [6, 6.07) is 1.48. The Bertz CT molecular complexity index is 350. The average molecular weight is 249 g/mol. The maximum atomic E-state index is 12.6. The largest absolute Gasteiger partial charge is 0.573 e. The van der Waals surface area contributed by atoms with Crippen molar-refractivity contribution in [1.82, 2.24) is 0 Å². The van der Waals surface area contributed by atoms with E-state index in [1.54, 1.807) is 0 Å². The molecular formula is C7H2Cl2F4O. The summed E-state index contributed by atoms with van der Waals surface area (Å²) in [6.45, 7) is 0. The highest BCUT2D eigenvalue weighted by Crippen LogP contribution is 2.36. The molecule has 14 heavy (non-hydrogen) atoms. The van der Waals surface area contributed by atoms with E-state index >= 15 is 0 Å². The first-order valence-corrected chi connectivity index (χ1v) is 3.96. The number of hydrogen-bond donors (Lipinski definition) is 0. The minimum atomic E-state index is -4.88. The molecule has 78 valence electrons. The average Bonchev–Trinajstić information content (AvgIpc) is 2.04. The Morgan fingerprint density at radius 3 is 2.14 bits per heavy atom. The van der Waals surface area contributed by atoms with Crippen LogP contribution in [-0.2, 0) is 0 Å². The Kier molecular flexibility index (Phi) is 3.11. The van der Waals surface area contributed by atoms with Crippen LogP contribution in [0.5, 0.6) is 5.75 Å². The van der Waals surface area contributed by atoms with E-state index in [0.29, 0.717) is 0 Å². The molecule has 0 unspecified atom stereocenters. The molecule has 0 N–H and O–H groups in total. The third-order valence-corrected chi connectivity index (χ3v) is 2.07. The van der Waals surface area contributed by atoms with Crippen LogP contribution >= 0.6 is 23.2 Å². The van der Waals surface area contributed by atoms with E-state index < -0.39 is 28.0 Å². The number of rotatable bonds is 1. The van der Waals surface area contributed by atoms with Crippen LogP contribution in [0.15, 0.2) is 12.1 Å². The van der Waals surface area contributed by atoms with Gasteiger partial charge in [0, 0.05) is 0 Å². The molecule has 1 aromatic carbocycles. The minimum Gasteiger partial charge on any atom is -0.404 e. The van der Waals surface area contributed by atoms with Gasteiger partial charge in [-0.05, 0) is 12.1 Å². The van der Waals surface area contributed by atoms with Gasteiger partial charge in [-0.1, -0.05) is 23.2 Å². The lowest BCUT2D eigenvalue weighted by Crippen LogP contribution is -2.17. The van der Waals surface area contributed by atoms with E-state index in [-0.39, 0.29) is 0 Å². The van der Waals surface area contributed by atoms with Crippen LogP contribution in [0, 0.1) is 5.82 Å². The molecule has 7 heteroatoms. The molecule has 0 saturated heterocycles. The molecular weight excluding hydrogens is 247 g/mol. The van der Waals surface area contributed by atoms with Crippen molar-refractivity contribution in [2.45, 2.75) is 6.36 Å². The molecule has 0 heterocycles. The van der Waals surface area contributed by atoms with Gasteiger partial charge in [-0.15, -0.1) is 13.2 Å². The molecule has 1 nitrogen and oxygen atoms in total. The summed E-state index contributed by atoms with van der Waals surface area (Å²) in [5.74, 6) is -1.64. The summed E-state index contributed by atoms with van der Waals surface area (Å²) in [5, 5.41) is -1.21. The molecule has 0 spiro atoms. The van der Waals surface area contributed by atoms with E-state index in [4.69, 9.17) is 23.2 Å². The summed E-state index contributed by atoms with van der Waals surface area (Å²) >= 11 is 10.6.